The molecule has 0 aliphatic carbocycles. The Bertz CT molecular complexity index is 812. The van der Waals surface area contributed by atoms with Gasteiger partial charge in [0.15, 0.2) is 6.61 Å². The number of rotatable bonds is 5. The summed E-state index contributed by atoms with van der Waals surface area (Å²) >= 11 is 5.59. The van der Waals surface area contributed by atoms with Crippen LogP contribution >= 0.6 is 11.6 Å². The number of carbonyl (C=O) groups is 2. The van der Waals surface area contributed by atoms with E-state index in [2.05, 4.69) is 5.32 Å². The molecule has 2 aromatic carbocycles. The van der Waals surface area contributed by atoms with Crippen molar-refractivity contribution in [2.24, 2.45) is 0 Å². The Labute approximate surface area is 140 Å². The molecule has 0 unspecified atom stereocenters. The van der Waals surface area contributed by atoms with E-state index in [1.54, 1.807) is 0 Å². The minimum Gasteiger partial charge on any atom is -0.452 e. The van der Waals surface area contributed by atoms with Gasteiger partial charge in [0.2, 0.25) is 0 Å². The summed E-state index contributed by atoms with van der Waals surface area (Å²) in [6.45, 7) is -0.729. The molecule has 0 aliphatic rings. The van der Waals surface area contributed by atoms with E-state index in [1.807, 2.05) is 0 Å². The maximum absolute atomic E-state index is 13.5. The Morgan fingerprint density at radius 1 is 1.25 bits per heavy atom. The number of nitrogens with one attached hydrogen (secondary N) is 1. The van der Waals surface area contributed by atoms with Gasteiger partial charge in [0.25, 0.3) is 11.6 Å². The van der Waals surface area contributed by atoms with Crippen LogP contribution in [0.1, 0.15) is 10.4 Å². The summed E-state index contributed by atoms with van der Waals surface area (Å²) in [5.74, 6) is -2.59. The first-order valence-electron chi connectivity index (χ1n) is 6.54. The van der Waals surface area contributed by atoms with Crippen LogP contribution in [0.3, 0.4) is 0 Å². The summed E-state index contributed by atoms with van der Waals surface area (Å²) < 4.78 is 18.2. The minimum atomic E-state index is -1.03. The van der Waals surface area contributed by atoms with E-state index in [-0.39, 0.29) is 16.3 Å². The molecule has 0 aromatic heterocycles. The largest absolute Gasteiger partial charge is 0.452 e. The van der Waals surface area contributed by atoms with Gasteiger partial charge in [-0.25, -0.2) is 9.18 Å². The summed E-state index contributed by atoms with van der Waals surface area (Å²) in [5.41, 5.74) is -0.856. The zero-order chi connectivity index (χ0) is 17.7. The summed E-state index contributed by atoms with van der Waals surface area (Å²) in [7, 11) is 0. The van der Waals surface area contributed by atoms with Crippen LogP contribution in [0.5, 0.6) is 0 Å². The van der Waals surface area contributed by atoms with Crippen LogP contribution in [0.2, 0.25) is 5.02 Å². The van der Waals surface area contributed by atoms with E-state index in [0.717, 1.165) is 12.1 Å². The van der Waals surface area contributed by atoms with Gasteiger partial charge in [-0.1, -0.05) is 23.7 Å². The number of halogens is 2. The Kier molecular flexibility index (Phi) is 5.43. The lowest BCUT2D eigenvalue weighted by Gasteiger charge is -2.08. The average molecular weight is 353 g/mol. The summed E-state index contributed by atoms with van der Waals surface area (Å²) in [5, 5.41) is 13.2. The number of ether oxygens (including phenoxy) is 1. The standard InChI is InChI=1S/C15H10ClFN2O5/c16-9-5-6-12(11(17)7-9)18-14(20)8-24-15(21)10-3-1-2-4-13(10)19(22)23/h1-7H,8H2,(H,18,20). The highest BCUT2D eigenvalue weighted by molar-refractivity contribution is 6.30. The first kappa shape index (κ1) is 17.4. The monoisotopic (exact) mass is 352 g/mol. The van der Waals surface area contributed by atoms with Crippen molar-refractivity contribution in [1.29, 1.82) is 0 Å². The van der Waals surface area contributed by atoms with Crippen molar-refractivity contribution in [3.8, 4) is 0 Å². The Morgan fingerprint density at radius 2 is 1.96 bits per heavy atom. The zero-order valence-electron chi connectivity index (χ0n) is 12.0. The van der Waals surface area contributed by atoms with Crippen molar-refractivity contribution < 1.29 is 23.6 Å². The van der Waals surface area contributed by atoms with Gasteiger partial charge >= 0.3 is 5.97 Å². The molecule has 2 aromatic rings. The summed E-state index contributed by atoms with van der Waals surface area (Å²) in [6.07, 6.45) is 0. The van der Waals surface area contributed by atoms with Crippen molar-refractivity contribution in [2.45, 2.75) is 0 Å². The van der Waals surface area contributed by atoms with E-state index in [0.29, 0.717) is 0 Å². The van der Waals surface area contributed by atoms with Gasteiger partial charge in [0, 0.05) is 11.1 Å². The predicted molar refractivity (Wildman–Crippen MR) is 83.4 cm³/mol. The molecule has 124 valence electrons. The molecule has 0 aliphatic heterocycles. The Balaban J connectivity index is 1.99. The number of nitrogens with zero attached hydrogens (tertiary/aromatic N) is 1. The second-order valence-electron chi connectivity index (χ2n) is 4.52. The first-order valence-corrected chi connectivity index (χ1v) is 6.91. The number of nitro benzene ring substituents is 1. The van der Waals surface area contributed by atoms with E-state index in [9.17, 15) is 24.1 Å². The van der Waals surface area contributed by atoms with Gasteiger partial charge < -0.3 is 10.1 Å². The Hall–Kier alpha value is -3.00. The number of hydrogen-bond donors (Lipinski definition) is 1. The molecule has 0 saturated heterocycles. The number of anilines is 1. The molecule has 0 fully saturated rings. The number of hydrogen-bond acceptors (Lipinski definition) is 5. The molecule has 0 atom stereocenters. The van der Waals surface area contributed by atoms with Gasteiger partial charge in [-0.3, -0.25) is 14.9 Å². The van der Waals surface area contributed by atoms with Crippen molar-refractivity contribution in [3.63, 3.8) is 0 Å². The third-order valence-corrected chi connectivity index (χ3v) is 3.10. The molecule has 7 nitrogen and oxygen atoms in total. The number of carbonyl (C=O) groups excluding carboxylic acids is 2. The van der Waals surface area contributed by atoms with Crippen LogP contribution in [0.25, 0.3) is 0 Å². The number of nitro groups is 1. The average Bonchev–Trinajstić information content (AvgIpc) is 2.55. The fourth-order valence-electron chi connectivity index (χ4n) is 1.79. The zero-order valence-corrected chi connectivity index (χ0v) is 12.7. The van der Waals surface area contributed by atoms with E-state index in [1.165, 1.54) is 30.3 Å². The van der Waals surface area contributed by atoms with Gasteiger partial charge in [-0.15, -0.1) is 0 Å². The van der Waals surface area contributed by atoms with Crippen LogP contribution in [-0.2, 0) is 9.53 Å². The predicted octanol–water partition coefficient (Wildman–Crippen LogP) is 3.18. The number of esters is 1. The first-order chi connectivity index (χ1) is 11.4. The van der Waals surface area contributed by atoms with Crippen LogP contribution in [0, 0.1) is 15.9 Å². The molecule has 1 N–H and O–H groups in total. The molecule has 0 radical (unpaired) electrons. The topological polar surface area (TPSA) is 98.5 Å². The molecule has 0 bridgehead atoms. The molecule has 0 spiro atoms. The number of para-hydroxylation sites is 1. The molecule has 1 amide bonds. The third-order valence-electron chi connectivity index (χ3n) is 2.86. The van der Waals surface area contributed by atoms with E-state index >= 15 is 0 Å². The molecular weight excluding hydrogens is 343 g/mol. The second-order valence-corrected chi connectivity index (χ2v) is 4.96. The number of amides is 1. The minimum absolute atomic E-state index is 0.133. The van der Waals surface area contributed by atoms with Crippen molar-refractivity contribution in [1.82, 2.24) is 0 Å². The van der Waals surface area contributed by atoms with Crippen molar-refractivity contribution in [3.05, 3.63) is 69.0 Å². The third kappa shape index (κ3) is 4.26. The molecule has 9 heteroatoms. The summed E-state index contributed by atoms with van der Waals surface area (Å²) in [6, 6.07) is 8.80. The molecule has 24 heavy (non-hydrogen) atoms. The van der Waals surface area contributed by atoms with E-state index in [4.69, 9.17) is 16.3 Å². The van der Waals surface area contributed by atoms with Crippen LogP contribution in [0.15, 0.2) is 42.5 Å². The SMILES string of the molecule is O=C(COC(=O)c1ccccc1[N+](=O)[O-])Nc1ccc(Cl)cc1F. The number of benzene rings is 2. The van der Waals surface area contributed by atoms with Crippen LogP contribution in [-0.4, -0.2) is 23.4 Å². The Morgan fingerprint density at radius 3 is 2.62 bits per heavy atom. The lowest BCUT2D eigenvalue weighted by Crippen LogP contribution is -2.21. The molecule has 2 rings (SSSR count). The quantitative estimate of drug-likeness (QED) is 0.506. The van der Waals surface area contributed by atoms with Gasteiger partial charge in [0.05, 0.1) is 10.6 Å². The molecular formula is C15H10ClFN2O5. The van der Waals surface area contributed by atoms with E-state index < -0.39 is 34.9 Å². The van der Waals surface area contributed by atoms with Gasteiger partial charge in [-0.05, 0) is 24.3 Å². The van der Waals surface area contributed by atoms with Crippen molar-refractivity contribution in [2.75, 3.05) is 11.9 Å². The lowest BCUT2D eigenvalue weighted by molar-refractivity contribution is -0.385. The fourth-order valence-corrected chi connectivity index (χ4v) is 1.95. The smallest absolute Gasteiger partial charge is 0.345 e. The lowest BCUT2D eigenvalue weighted by atomic mass is 10.2. The highest BCUT2D eigenvalue weighted by atomic mass is 35.5. The maximum Gasteiger partial charge on any atom is 0.345 e. The molecule has 0 heterocycles. The van der Waals surface area contributed by atoms with Crippen LogP contribution < -0.4 is 5.32 Å². The van der Waals surface area contributed by atoms with Crippen molar-refractivity contribution >= 4 is 34.9 Å². The van der Waals surface area contributed by atoms with Crippen LogP contribution in [0.4, 0.5) is 15.8 Å². The molecule has 0 saturated carbocycles. The fraction of sp³-hybridized carbons (Fsp3) is 0.0667. The highest BCUT2D eigenvalue weighted by Crippen LogP contribution is 2.20. The second kappa shape index (κ2) is 7.51. The highest BCUT2D eigenvalue weighted by Gasteiger charge is 2.21. The van der Waals surface area contributed by atoms with Gasteiger partial charge in [-0.2, -0.15) is 0 Å². The normalized spacial score (nSPS) is 10.1. The summed E-state index contributed by atoms with van der Waals surface area (Å²) in [4.78, 5) is 33.6. The van der Waals surface area contributed by atoms with Gasteiger partial charge in [0.1, 0.15) is 11.4 Å². The maximum atomic E-state index is 13.5.